The zero-order chi connectivity index (χ0) is 23.1. The van der Waals surface area contributed by atoms with Crippen LogP contribution in [-0.2, 0) is 17.4 Å². The summed E-state index contributed by atoms with van der Waals surface area (Å²) in [6.07, 6.45) is -1.64. The Kier molecular flexibility index (Phi) is 7.04. The largest absolute Gasteiger partial charge is 0.457 e. The van der Waals surface area contributed by atoms with Crippen LogP contribution < -0.4 is 15.4 Å². The lowest BCUT2D eigenvalue weighted by Crippen LogP contribution is -2.18. The molecule has 0 aliphatic heterocycles. The van der Waals surface area contributed by atoms with E-state index in [1.165, 1.54) is 25.4 Å². The normalized spacial score (nSPS) is 11.0. The average Bonchev–Trinajstić information content (AvgIpc) is 2.78. The van der Waals surface area contributed by atoms with Gasteiger partial charge in [-0.1, -0.05) is 12.1 Å². The second-order valence-corrected chi connectivity index (χ2v) is 6.68. The number of nitrogens with zero attached hydrogens (tertiary/aromatic N) is 2. The molecule has 0 radical (unpaired) electrons. The molecule has 7 nitrogen and oxygen atoms in total. The third-order valence-electron chi connectivity index (χ3n) is 4.33. The van der Waals surface area contributed by atoms with E-state index in [4.69, 9.17) is 4.74 Å². The summed E-state index contributed by atoms with van der Waals surface area (Å²) in [5.74, 6) is 0.235. The van der Waals surface area contributed by atoms with Crippen molar-refractivity contribution in [2.45, 2.75) is 19.0 Å². The minimum atomic E-state index is -4.58. The Morgan fingerprint density at radius 3 is 2.38 bits per heavy atom. The van der Waals surface area contributed by atoms with Gasteiger partial charge in [0.1, 0.15) is 22.9 Å². The van der Waals surface area contributed by atoms with E-state index in [9.17, 15) is 22.8 Å². The number of halogens is 3. The number of amides is 2. The molecule has 0 saturated heterocycles. The van der Waals surface area contributed by atoms with Crippen molar-refractivity contribution in [1.82, 2.24) is 15.3 Å². The van der Waals surface area contributed by atoms with Crippen molar-refractivity contribution in [3.63, 3.8) is 0 Å². The van der Waals surface area contributed by atoms with Gasteiger partial charge in [-0.3, -0.25) is 19.6 Å². The number of carbonyl (C=O) groups is 2. The number of anilines is 1. The van der Waals surface area contributed by atoms with Crippen molar-refractivity contribution in [2.75, 3.05) is 12.4 Å². The molecule has 0 atom stereocenters. The molecule has 0 aliphatic carbocycles. The number of benzene rings is 1. The van der Waals surface area contributed by atoms with Crippen LogP contribution in [0.1, 0.15) is 28.2 Å². The third-order valence-corrected chi connectivity index (χ3v) is 4.33. The second kappa shape index (κ2) is 9.90. The number of ether oxygens (including phenoxy) is 1. The van der Waals surface area contributed by atoms with Crippen LogP contribution in [0.3, 0.4) is 0 Å². The van der Waals surface area contributed by atoms with Crippen molar-refractivity contribution < 1.29 is 27.5 Å². The molecule has 2 aromatic heterocycles. The molecular weight excluding hydrogens is 425 g/mol. The number of nitrogens with one attached hydrogen (secondary N) is 2. The lowest BCUT2D eigenvalue weighted by Gasteiger charge is -2.09. The Hall–Kier alpha value is -3.95. The average molecular weight is 444 g/mol. The molecule has 2 amide bonds. The van der Waals surface area contributed by atoms with E-state index in [2.05, 4.69) is 20.6 Å². The molecule has 0 unspecified atom stereocenters. The minimum Gasteiger partial charge on any atom is -0.457 e. The number of pyridine rings is 2. The van der Waals surface area contributed by atoms with Crippen LogP contribution in [0, 0.1) is 0 Å². The predicted molar refractivity (Wildman–Crippen MR) is 110 cm³/mol. The van der Waals surface area contributed by atoms with E-state index >= 15 is 0 Å². The maximum atomic E-state index is 12.7. The number of alkyl halides is 3. The minimum absolute atomic E-state index is 0.0366. The molecule has 32 heavy (non-hydrogen) atoms. The Bertz CT molecular complexity index is 1100. The van der Waals surface area contributed by atoms with Crippen molar-refractivity contribution >= 4 is 17.5 Å². The zero-order valence-electron chi connectivity index (χ0n) is 16.9. The van der Waals surface area contributed by atoms with Gasteiger partial charge in [0, 0.05) is 37.6 Å². The van der Waals surface area contributed by atoms with Crippen molar-refractivity contribution in [3.05, 3.63) is 77.9 Å². The number of hydrogen-bond donors (Lipinski definition) is 2. The highest BCUT2D eigenvalue weighted by Gasteiger charge is 2.32. The van der Waals surface area contributed by atoms with E-state index in [1.807, 2.05) is 0 Å². The lowest BCUT2D eigenvalue weighted by molar-refractivity contribution is -0.141. The zero-order valence-corrected chi connectivity index (χ0v) is 16.9. The van der Waals surface area contributed by atoms with Crippen LogP contribution in [0.15, 0.2) is 60.9 Å². The predicted octanol–water partition coefficient (Wildman–Crippen LogP) is 4.22. The standard InChI is InChI=1S/C22H19F3N4O3/c1-26-21(31)18-13-17(9-11-27-18)32-16-5-2-14(3-6-16)4-7-20(30)29-15-8-10-28-19(12-15)22(23,24)25/h2-3,5-6,8-13H,4,7H2,1H3,(H,26,31)(H,28,29,30). The number of aryl methyl sites for hydroxylation is 1. The van der Waals surface area contributed by atoms with E-state index in [1.54, 1.807) is 30.3 Å². The summed E-state index contributed by atoms with van der Waals surface area (Å²) in [5.41, 5.74) is 0.0419. The van der Waals surface area contributed by atoms with Gasteiger partial charge < -0.3 is 15.4 Å². The van der Waals surface area contributed by atoms with E-state index < -0.39 is 17.8 Å². The first-order valence-corrected chi connectivity index (χ1v) is 9.52. The third kappa shape index (κ3) is 6.27. The molecule has 0 spiro atoms. The first kappa shape index (κ1) is 22.7. The van der Waals surface area contributed by atoms with Gasteiger partial charge in [-0.2, -0.15) is 13.2 Å². The molecule has 2 N–H and O–H groups in total. The van der Waals surface area contributed by atoms with Crippen molar-refractivity contribution in [2.24, 2.45) is 0 Å². The second-order valence-electron chi connectivity index (χ2n) is 6.68. The highest BCUT2D eigenvalue weighted by Crippen LogP contribution is 2.29. The molecule has 0 fully saturated rings. The van der Waals surface area contributed by atoms with Gasteiger partial charge in [-0.25, -0.2) is 0 Å². The smallest absolute Gasteiger partial charge is 0.433 e. The topological polar surface area (TPSA) is 93.2 Å². The molecule has 2 heterocycles. The first-order valence-electron chi connectivity index (χ1n) is 9.52. The highest BCUT2D eigenvalue weighted by molar-refractivity contribution is 5.92. The molecule has 0 saturated carbocycles. The van der Waals surface area contributed by atoms with Crippen molar-refractivity contribution in [1.29, 1.82) is 0 Å². The van der Waals surface area contributed by atoms with Gasteiger partial charge in [-0.05, 0) is 42.3 Å². The molecule has 3 aromatic rings. The molecule has 0 aliphatic rings. The quantitative estimate of drug-likeness (QED) is 0.569. The molecule has 1 aromatic carbocycles. The Balaban J connectivity index is 1.54. The summed E-state index contributed by atoms with van der Waals surface area (Å²) in [6.45, 7) is 0. The molecule has 166 valence electrons. The lowest BCUT2D eigenvalue weighted by atomic mass is 10.1. The maximum Gasteiger partial charge on any atom is 0.433 e. The summed E-state index contributed by atoms with van der Waals surface area (Å²) in [5, 5.41) is 4.93. The summed E-state index contributed by atoms with van der Waals surface area (Å²) in [6, 6.07) is 12.2. The number of hydrogen-bond acceptors (Lipinski definition) is 5. The summed E-state index contributed by atoms with van der Waals surface area (Å²) in [4.78, 5) is 31.0. The fraction of sp³-hybridized carbons (Fsp3) is 0.182. The van der Waals surface area contributed by atoms with E-state index in [0.717, 1.165) is 17.8 Å². The molecule has 3 rings (SSSR count). The Morgan fingerprint density at radius 1 is 0.969 bits per heavy atom. The van der Waals surface area contributed by atoms with Crippen LogP contribution >= 0.6 is 0 Å². The SMILES string of the molecule is CNC(=O)c1cc(Oc2ccc(CCC(=O)Nc3ccnc(C(F)(F)F)c3)cc2)ccn1. The van der Waals surface area contributed by atoms with E-state index in [-0.39, 0.29) is 23.7 Å². The summed E-state index contributed by atoms with van der Waals surface area (Å²) >= 11 is 0. The fourth-order valence-electron chi connectivity index (χ4n) is 2.73. The van der Waals surface area contributed by atoms with Crippen LogP contribution in [0.5, 0.6) is 11.5 Å². The summed E-state index contributed by atoms with van der Waals surface area (Å²) < 4.78 is 43.8. The van der Waals surface area contributed by atoms with Gasteiger partial charge in [0.25, 0.3) is 5.91 Å². The van der Waals surface area contributed by atoms with Crippen LogP contribution in [0.25, 0.3) is 0 Å². The molecule has 0 bridgehead atoms. The first-order chi connectivity index (χ1) is 15.2. The van der Waals surface area contributed by atoms with Gasteiger partial charge in [-0.15, -0.1) is 0 Å². The van der Waals surface area contributed by atoms with Crippen LogP contribution in [0.2, 0.25) is 0 Å². The Morgan fingerprint density at radius 2 is 1.69 bits per heavy atom. The van der Waals surface area contributed by atoms with Crippen LogP contribution in [-0.4, -0.2) is 28.8 Å². The van der Waals surface area contributed by atoms with Gasteiger partial charge in [0.15, 0.2) is 0 Å². The molecular formula is C22H19F3N4O3. The Labute approximate surface area is 181 Å². The van der Waals surface area contributed by atoms with Gasteiger partial charge in [0.05, 0.1) is 0 Å². The van der Waals surface area contributed by atoms with Crippen molar-refractivity contribution in [3.8, 4) is 11.5 Å². The highest BCUT2D eigenvalue weighted by atomic mass is 19.4. The molecule has 10 heteroatoms. The van der Waals surface area contributed by atoms with Gasteiger partial charge in [0.2, 0.25) is 5.91 Å². The number of carbonyl (C=O) groups excluding carboxylic acids is 2. The van der Waals surface area contributed by atoms with E-state index in [0.29, 0.717) is 17.9 Å². The van der Waals surface area contributed by atoms with Crippen LogP contribution in [0.4, 0.5) is 18.9 Å². The number of aromatic nitrogens is 2. The summed E-state index contributed by atoms with van der Waals surface area (Å²) in [7, 11) is 1.51. The monoisotopic (exact) mass is 444 g/mol. The fourth-order valence-corrected chi connectivity index (χ4v) is 2.73. The maximum absolute atomic E-state index is 12.7. The van der Waals surface area contributed by atoms with Gasteiger partial charge >= 0.3 is 6.18 Å². The number of rotatable bonds is 7.